The molecule has 0 spiro atoms. The van der Waals surface area contributed by atoms with Crippen LogP contribution in [0, 0.1) is 0 Å². The second-order valence-corrected chi connectivity index (χ2v) is 12.1. The third-order valence-corrected chi connectivity index (χ3v) is 8.95. The fraction of sp³-hybridized carbons (Fsp3) is 0.905. The van der Waals surface area contributed by atoms with Crippen molar-refractivity contribution in [2.75, 3.05) is 28.4 Å². The Hall–Kier alpha value is -0.360. The van der Waals surface area contributed by atoms with Gasteiger partial charge in [0.05, 0.1) is 0 Å². The van der Waals surface area contributed by atoms with E-state index in [4.69, 9.17) is 18.1 Å². The third-order valence-electron chi connectivity index (χ3n) is 5.35. The van der Waals surface area contributed by atoms with E-state index in [1.54, 1.807) is 0 Å². The first-order chi connectivity index (χ1) is 14.8. The maximum absolute atomic E-state index is 11.9. The SMILES string of the molecule is COP(=O)(OC)C(=O)CCCCCCCCCCCCCCCC(=O)P(=O)(OC)OC. The van der Waals surface area contributed by atoms with E-state index >= 15 is 0 Å². The van der Waals surface area contributed by atoms with Crippen molar-refractivity contribution in [1.82, 2.24) is 0 Å². The number of hydrogen-bond acceptors (Lipinski definition) is 8. The smallest absolute Gasteiger partial charge is 0.307 e. The summed E-state index contributed by atoms with van der Waals surface area (Å²) in [6, 6.07) is 0. The van der Waals surface area contributed by atoms with Gasteiger partial charge in [-0.1, -0.05) is 70.6 Å². The highest BCUT2D eigenvalue weighted by Crippen LogP contribution is 2.49. The van der Waals surface area contributed by atoms with Gasteiger partial charge in [0.2, 0.25) is 11.0 Å². The molecule has 0 bridgehead atoms. The summed E-state index contributed by atoms with van der Waals surface area (Å²) in [7, 11) is -2.16. The number of carbonyl (C=O) groups excluding carboxylic acids is 2. The zero-order valence-corrected chi connectivity index (χ0v) is 21.6. The Balaban J connectivity index is 3.46. The van der Waals surface area contributed by atoms with E-state index in [0.717, 1.165) is 51.4 Å². The highest BCUT2D eigenvalue weighted by molar-refractivity contribution is 7.72. The average Bonchev–Trinajstić information content (AvgIpc) is 2.79. The summed E-state index contributed by atoms with van der Waals surface area (Å²) in [5.74, 6) is 0. The molecule has 0 aromatic heterocycles. The molecule has 0 aromatic carbocycles. The van der Waals surface area contributed by atoms with E-state index in [1.807, 2.05) is 0 Å². The van der Waals surface area contributed by atoms with E-state index < -0.39 is 26.2 Å². The van der Waals surface area contributed by atoms with Crippen LogP contribution in [0.2, 0.25) is 0 Å². The van der Waals surface area contributed by atoms with E-state index in [-0.39, 0.29) is 12.8 Å². The molecule has 0 atom stereocenters. The third kappa shape index (κ3) is 13.1. The molecule has 10 heteroatoms. The minimum absolute atomic E-state index is 0.241. The standard InChI is InChI=1S/C21H42O8P2/c1-26-30(24,27-2)20(22)18-16-14-12-10-8-6-5-7-9-11-13-15-17-19-21(23)31(25,28-3)29-4/h5-19H2,1-4H3. The van der Waals surface area contributed by atoms with Crippen LogP contribution in [0.25, 0.3) is 0 Å². The van der Waals surface area contributed by atoms with Gasteiger partial charge < -0.3 is 18.1 Å². The lowest BCUT2D eigenvalue weighted by Crippen LogP contribution is -2.03. The maximum atomic E-state index is 11.9. The first kappa shape index (κ1) is 30.6. The molecular formula is C21H42O8P2. The topological polar surface area (TPSA) is 105 Å². The fourth-order valence-electron chi connectivity index (χ4n) is 3.33. The predicted molar refractivity (Wildman–Crippen MR) is 123 cm³/mol. The lowest BCUT2D eigenvalue weighted by atomic mass is 10.0. The fourth-order valence-corrected chi connectivity index (χ4v) is 5.30. The Bertz CT molecular complexity index is 528. The summed E-state index contributed by atoms with van der Waals surface area (Å²) in [4.78, 5) is 23.6. The van der Waals surface area contributed by atoms with Crippen LogP contribution in [0.4, 0.5) is 0 Å². The normalized spacial score (nSPS) is 12.3. The Morgan fingerprint density at radius 2 is 0.645 bits per heavy atom. The lowest BCUT2D eigenvalue weighted by molar-refractivity contribution is -0.114. The van der Waals surface area contributed by atoms with Gasteiger partial charge in [0, 0.05) is 41.3 Å². The molecule has 0 aromatic rings. The van der Waals surface area contributed by atoms with Crippen molar-refractivity contribution in [3.8, 4) is 0 Å². The number of hydrogen-bond donors (Lipinski definition) is 0. The van der Waals surface area contributed by atoms with Crippen LogP contribution in [0.1, 0.15) is 96.3 Å². The van der Waals surface area contributed by atoms with Gasteiger partial charge >= 0.3 is 15.2 Å². The van der Waals surface area contributed by atoms with E-state index in [1.165, 1.54) is 60.5 Å². The average molecular weight is 485 g/mol. The molecule has 31 heavy (non-hydrogen) atoms. The van der Waals surface area contributed by atoms with Gasteiger partial charge in [0.1, 0.15) is 0 Å². The maximum Gasteiger partial charge on any atom is 0.396 e. The number of unbranched alkanes of at least 4 members (excludes halogenated alkanes) is 12. The summed E-state index contributed by atoms with van der Waals surface area (Å²) >= 11 is 0. The summed E-state index contributed by atoms with van der Waals surface area (Å²) in [6.45, 7) is 0. The second-order valence-electron chi connectivity index (χ2n) is 7.61. The van der Waals surface area contributed by atoms with Crippen molar-refractivity contribution in [1.29, 1.82) is 0 Å². The van der Waals surface area contributed by atoms with Crippen LogP contribution >= 0.6 is 15.2 Å². The van der Waals surface area contributed by atoms with Gasteiger partial charge in [-0.3, -0.25) is 18.7 Å². The Morgan fingerprint density at radius 3 is 0.839 bits per heavy atom. The van der Waals surface area contributed by atoms with E-state index in [0.29, 0.717) is 0 Å². The molecule has 0 rings (SSSR count). The molecule has 0 saturated carbocycles. The molecule has 0 aliphatic rings. The Morgan fingerprint density at radius 1 is 0.452 bits per heavy atom. The zero-order chi connectivity index (χ0) is 23.6. The van der Waals surface area contributed by atoms with Gasteiger partial charge in [-0.15, -0.1) is 0 Å². The van der Waals surface area contributed by atoms with Crippen LogP contribution in [0.5, 0.6) is 0 Å². The molecule has 0 unspecified atom stereocenters. The summed E-state index contributed by atoms with van der Waals surface area (Å²) < 4.78 is 42.5. The molecule has 0 radical (unpaired) electrons. The highest BCUT2D eigenvalue weighted by Gasteiger charge is 2.31. The van der Waals surface area contributed by atoms with Gasteiger partial charge in [-0.2, -0.15) is 0 Å². The number of carbonyl (C=O) groups is 2. The molecule has 0 amide bonds. The van der Waals surface area contributed by atoms with Crippen molar-refractivity contribution in [3.05, 3.63) is 0 Å². The second kappa shape index (κ2) is 18.1. The molecule has 0 saturated heterocycles. The van der Waals surface area contributed by atoms with Gasteiger partial charge in [-0.05, 0) is 12.8 Å². The Labute approximate surface area is 188 Å². The van der Waals surface area contributed by atoms with Crippen LogP contribution in [-0.4, -0.2) is 39.5 Å². The van der Waals surface area contributed by atoms with E-state index in [2.05, 4.69) is 0 Å². The minimum Gasteiger partial charge on any atom is -0.307 e. The number of rotatable bonds is 22. The van der Waals surface area contributed by atoms with Crippen LogP contribution < -0.4 is 0 Å². The highest BCUT2D eigenvalue weighted by atomic mass is 31.2. The van der Waals surface area contributed by atoms with Crippen molar-refractivity contribution in [2.45, 2.75) is 96.3 Å². The first-order valence-electron chi connectivity index (χ1n) is 11.3. The lowest BCUT2D eigenvalue weighted by Gasteiger charge is -2.11. The zero-order valence-electron chi connectivity index (χ0n) is 19.8. The summed E-state index contributed by atoms with van der Waals surface area (Å²) in [5.41, 5.74) is -0.872. The molecule has 8 nitrogen and oxygen atoms in total. The molecule has 0 aliphatic carbocycles. The summed E-state index contributed by atoms with van der Waals surface area (Å²) in [5, 5.41) is 0. The van der Waals surface area contributed by atoms with Crippen molar-refractivity contribution in [3.63, 3.8) is 0 Å². The minimum atomic E-state index is -3.55. The Kier molecular flexibility index (Phi) is 17.9. The van der Waals surface area contributed by atoms with Crippen LogP contribution in [-0.2, 0) is 36.8 Å². The van der Waals surface area contributed by atoms with Gasteiger partial charge in [0.15, 0.2) is 0 Å². The molecule has 0 aliphatic heterocycles. The first-order valence-corrected chi connectivity index (χ1v) is 14.4. The largest absolute Gasteiger partial charge is 0.396 e. The van der Waals surface area contributed by atoms with Gasteiger partial charge in [0.25, 0.3) is 0 Å². The quantitative estimate of drug-likeness (QED) is 0.121. The molecule has 0 N–H and O–H groups in total. The molecule has 0 heterocycles. The van der Waals surface area contributed by atoms with Crippen molar-refractivity contribution >= 4 is 26.2 Å². The predicted octanol–water partition coefficient (Wildman–Crippen LogP) is 6.86. The van der Waals surface area contributed by atoms with Crippen molar-refractivity contribution < 1.29 is 36.8 Å². The van der Waals surface area contributed by atoms with Crippen LogP contribution in [0.15, 0.2) is 0 Å². The summed E-state index contributed by atoms with van der Waals surface area (Å²) in [6.07, 6.45) is 14.4. The van der Waals surface area contributed by atoms with Crippen LogP contribution in [0.3, 0.4) is 0 Å². The molecule has 0 fully saturated rings. The molecular weight excluding hydrogens is 442 g/mol. The molecule has 184 valence electrons. The van der Waals surface area contributed by atoms with Crippen molar-refractivity contribution in [2.24, 2.45) is 0 Å². The monoisotopic (exact) mass is 484 g/mol. The van der Waals surface area contributed by atoms with Gasteiger partial charge in [-0.25, -0.2) is 0 Å². The van der Waals surface area contributed by atoms with E-state index in [9.17, 15) is 18.7 Å².